The van der Waals surface area contributed by atoms with E-state index >= 15 is 0 Å². The van der Waals surface area contributed by atoms with Crippen molar-refractivity contribution in [3.05, 3.63) is 28.7 Å². The van der Waals surface area contributed by atoms with Gasteiger partial charge in [0.1, 0.15) is 18.3 Å². The number of rotatable bonds is 12. The van der Waals surface area contributed by atoms with Gasteiger partial charge in [0.15, 0.2) is 0 Å². The normalized spacial score (nSPS) is 20.9. The van der Waals surface area contributed by atoms with Crippen LogP contribution in [0.1, 0.15) is 52.4 Å². The third-order valence-corrected chi connectivity index (χ3v) is 6.98. The highest BCUT2D eigenvalue weighted by Crippen LogP contribution is 2.48. The Morgan fingerprint density at radius 3 is 2.50 bits per heavy atom. The molecule has 0 aromatic carbocycles. The van der Waals surface area contributed by atoms with E-state index in [2.05, 4.69) is 21.3 Å². The van der Waals surface area contributed by atoms with Gasteiger partial charge in [-0.05, 0) is 62.5 Å². The summed E-state index contributed by atoms with van der Waals surface area (Å²) in [7, 11) is 0. The van der Waals surface area contributed by atoms with E-state index < -0.39 is 35.1 Å². The molecule has 0 radical (unpaired) electrons. The molecule has 2 atom stereocenters. The lowest BCUT2D eigenvalue weighted by molar-refractivity contribution is -0.138. The van der Waals surface area contributed by atoms with Gasteiger partial charge in [-0.2, -0.15) is 0 Å². The van der Waals surface area contributed by atoms with E-state index in [0.29, 0.717) is 24.9 Å². The van der Waals surface area contributed by atoms with Crippen LogP contribution in [0.2, 0.25) is 0 Å². The minimum Gasteiger partial charge on any atom is -0.354 e. The molecule has 3 fully saturated rings. The molecule has 0 saturated heterocycles. The molecule has 0 aliphatic heterocycles. The molecular formula is C25H35N5O6. The topological polar surface area (TPSA) is 155 Å². The molecule has 36 heavy (non-hydrogen) atoms. The number of carbonyl (C=O) groups excluding carboxylic acids is 5. The summed E-state index contributed by atoms with van der Waals surface area (Å²) in [5.74, 6) is -0.901. The first-order valence-corrected chi connectivity index (χ1v) is 12.5. The van der Waals surface area contributed by atoms with Crippen molar-refractivity contribution in [1.29, 1.82) is 0 Å². The van der Waals surface area contributed by atoms with E-state index in [4.69, 9.17) is 0 Å². The largest absolute Gasteiger partial charge is 0.354 e. The summed E-state index contributed by atoms with van der Waals surface area (Å²) in [6, 6.07) is 1.80. The molecule has 1 unspecified atom stereocenters. The van der Waals surface area contributed by atoms with Crippen molar-refractivity contribution in [2.75, 3.05) is 18.4 Å². The van der Waals surface area contributed by atoms with Crippen molar-refractivity contribution in [2.45, 2.75) is 65.0 Å². The summed E-state index contributed by atoms with van der Waals surface area (Å²) >= 11 is 0. The summed E-state index contributed by atoms with van der Waals surface area (Å²) in [6.07, 6.45) is 5.94. The predicted octanol–water partition coefficient (Wildman–Crippen LogP) is 0.329. The second-order valence-electron chi connectivity index (χ2n) is 9.66. The molecule has 4 amide bonds. The van der Waals surface area contributed by atoms with E-state index in [1.54, 1.807) is 6.92 Å². The number of likely N-dealkylation sites (N-methyl/N-ethyl adjacent to an activating group) is 1. The molecule has 1 aromatic heterocycles. The molecule has 4 N–H and O–H groups in total. The monoisotopic (exact) mass is 501 g/mol. The lowest BCUT2D eigenvalue weighted by atomic mass is 9.60. The second kappa shape index (κ2) is 12.5. The zero-order valence-electron chi connectivity index (χ0n) is 20.8. The van der Waals surface area contributed by atoms with Gasteiger partial charge in [0.05, 0.1) is 0 Å². The Hall–Kier alpha value is -3.50. The van der Waals surface area contributed by atoms with Crippen LogP contribution in [0.3, 0.4) is 0 Å². The second-order valence-corrected chi connectivity index (χ2v) is 9.66. The Kier molecular flexibility index (Phi) is 9.38. The Bertz CT molecular complexity index is 1060. The zero-order chi connectivity index (χ0) is 26.2. The van der Waals surface area contributed by atoms with Gasteiger partial charge in [-0.15, -0.1) is 0 Å². The highest BCUT2D eigenvalue weighted by Gasteiger charge is 2.39. The minimum absolute atomic E-state index is 0.0616. The van der Waals surface area contributed by atoms with Gasteiger partial charge in [0.25, 0.3) is 11.5 Å². The molecule has 196 valence electrons. The average Bonchev–Trinajstić information content (AvgIpc) is 2.82. The van der Waals surface area contributed by atoms with E-state index in [-0.39, 0.29) is 31.0 Å². The van der Waals surface area contributed by atoms with Crippen molar-refractivity contribution in [3.63, 3.8) is 0 Å². The zero-order valence-corrected chi connectivity index (χ0v) is 20.8. The van der Waals surface area contributed by atoms with Gasteiger partial charge < -0.3 is 25.8 Å². The molecule has 3 aliphatic carbocycles. The standard InChI is InChI=1S/C25H35N5O6/c1-3-26-24(35)21(32)9-8-19(28-15(2)31)23(34)29-20-5-4-10-30(25(20)36)14-22(33)27-13-17-7-6-16-11-18(17)12-16/h4-5,10,16-19H,3,6-9,11-14H2,1-2H3,(H,26,35)(H,27,33)(H,28,31)(H,29,34)/t16?,17?,18?,19-/m0/s1. The van der Waals surface area contributed by atoms with Gasteiger partial charge in [0, 0.05) is 32.6 Å². The van der Waals surface area contributed by atoms with Crippen LogP contribution in [0.4, 0.5) is 5.69 Å². The van der Waals surface area contributed by atoms with Gasteiger partial charge in [-0.25, -0.2) is 0 Å². The van der Waals surface area contributed by atoms with Crippen LogP contribution in [0.25, 0.3) is 0 Å². The fraction of sp³-hybridized carbons (Fsp3) is 0.600. The van der Waals surface area contributed by atoms with Gasteiger partial charge in [-0.1, -0.05) is 6.42 Å². The lowest BCUT2D eigenvalue weighted by Gasteiger charge is -2.46. The molecule has 3 aliphatic rings. The Balaban J connectivity index is 1.57. The van der Waals surface area contributed by atoms with Crippen molar-refractivity contribution in [1.82, 2.24) is 20.5 Å². The van der Waals surface area contributed by atoms with Crippen LogP contribution in [0.5, 0.6) is 0 Å². The Labute approximate surface area is 209 Å². The molecular weight excluding hydrogens is 466 g/mol. The maximum Gasteiger partial charge on any atom is 0.287 e. The number of carbonyl (C=O) groups is 5. The third kappa shape index (κ3) is 7.25. The highest BCUT2D eigenvalue weighted by molar-refractivity contribution is 6.36. The summed E-state index contributed by atoms with van der Waals surface area (Å²) in [4.78, 5) is 73.2. The van der Waals surface area contributed by atoms with E-state index in [9.17, 15) is 28.8 Å². The van der Waals surface area contributed by atoms with E-state index in [1.165, 1.54) is 49.1 Å². The Morgan fingerprint density at radius 2 is 1.86 bits per heavy atom. The first kappa shape index (κ1) is 27.1. The lowest BCUT2D eigenvalue weighted by Crippen LogP contribution is -2.45. The summed E-state index contributed by atoms with van der Waals surface area (Å²) in [5, 5.41) is 10.2. The SMILES string of the molecule is CCNC(=O)C(=O)CC[C@H](NC(C)=O)C(=O)Nc1cccn(CC(=O)NCC2CCC3CC2C3)c1=O. The number of fused-ring (bicyclic) bond motifs is 2. The van der Waals surface area contributed by atoms with Crippen molar-refractivity contribution in [3.8, 4) is 0 Å². The average molecular weight is 502 g/mol. The summed E-state index contributed by atoms with van der Waals surface area (Å²) in [6.45, 7) is 3.61. The van der Waals surface area contributed by atoms with E-state index in [0.717, 1.165) is 12.3 Å². The number of Topliss-reactive ketones (excluding diaryl/α,β-unsaturated/α-hetero) is 1. The number of anilines is 1. The van der Waals surface area contributed by atoms with Crippen LogP contribution in [0.15, 0.2) is 23.1 Å². The van der Waals surface area contributed by atoms with Crippen LogP contribution >= 0.6 is 0 Å². The van der Waals surface area contributed by atoms with Gasteiger partial charge in [-0.3, -0.25) is 28.8 Å². The molecule has 4 rings (SSSR count). The first-order valence-electron chi connectivity index (χ1n) is 12.5. The minimum atomic E-state index is -1.13. The summed E-state index contributed by atoms with van der Waals surface area (Å²) in [5.41, 5.74) is -0.631. The number of hydrogen-bond donors (Lipinski definition) is 4. The quantitative estimate of drug-likeness (QED) is 0.303. The molecule has 11 heteroatoms. The smallest absolute Gasteiger partial charge is 0.287 e. The third-order valence-electron chi connectivity index (χ3n) is 6.98. The van der Waals surface area contributed by atoms with Crippen LogP contribution in [-0.4, -0.2) is 53.1 Å². The molecule has 3 saturated carbocycles. The summed E-state index contributed by atoms with van der Waals surface area (Å²) < 4.78 is 1.21. The van der Waals surface area contributed by atoms with Gasteiger partial charge in [0.2, 0.25) is 23.5 Å². The molecule has 11 nitrogen and oxygen atoms in total. The van der Waals surface area contributed by atoms with Crippen LogP contribution < -0.4 is 26.8 Å². The number of amides is 4. The fourth-order valence-electron chi connectivity index (χ4n) is 4.96. The van der Waals surface area contributed by atoms with Crippen LogP contribution in [0, 0.1) is 17.8 Å². The number of nitrogens with one attached hydrogen (secondary N) is 4. The van der Waals surface area contributed by atoms with Crippen molar-refractivity contribution < 1.29 is 24.0 Å². The number of pyridine rings is 1. The molecule has 0 spiro atoms. The van der Waals surface area contributed by atoms with Crippen LogP contribution in [-0.2, 0) is 30.5 Å². The van der Waals surface area contributed by atoms with Crippen molar-refractivity contribution >= 4 is 35.1 Å². The van der Waals surface area contributed by atoms with Gasteiger partial charge >= 0.3 is 0 Å². The fourth-order valence-corrected chi connectivity index (χ4v) is 4.96. The number of nitrogens with zero attached hydrogens (tertiary/aromatic N) is 1. The molecule has 1 aromatic rings. The molecule has 2 bridgehead atoms. The number of hydrogen-bond acceptors (Lipinski definition) is 6. The number of ketones is 1. The highest BCUT2D eigenvalue weighted by atomic mass is 16.2. The predicted molar refractivity (Wildman–Crippen MR) is 132 cm³/mol. The Morgan fingerprint density at radius 1 is 1.11 bits per heavy atom. The first-order chi connectivity index (χ1) is 17.2. The van der Waals surface area contributed by atoms with Crippen molar-refractivity contribution in [2.24, 2.45) is 17.8 Å². The number of aromatic nitrogens is 1. The molecule has 1 heterocycles. The van der Waals surface area contributed by atoms with E-state index in [1.807, 2.05) is 0 Å². The maximum absolute atomic E-state index is 12.9. The maximum atomic E-state index is 12.9.